The number of halogens is 3. The molecular weight excluding hydrogens is 319 g/mol. The van der Waals surface area contributed by atoms with E-state index in [1.54, 1.807) is 0 Å². The summed E-state index contributed by atoms with van der Waals surface area (Å²) in [6.07, 6.45) is -2.94. The highest BCUT2D eigenvalue weighted by molar-refractivity contribution is 5.92. The lowest BCUT2D eigenvalue weighted by Crippen LogP contribution is -2.23. The molecular formula is C17H18F3N3O. The quantitative estimate of drug-likeness (QED) is 0.477. The van der Waals surface area contributed by atoms with Crippen molar-refractivity contribution in [2.45, 2.75) is 19.2 Å². The number of aryl methyl sites for hydroxylation is 1. The van der Waals surface area contributed by atoms with Crippen molar-refractivity contribution in [2.24, 2.45) is 10.7 Å². The minimum atomic E-state index is -4.70. The predicted octanol–water partition coefficient (Wildman–Crippen LogP) is 3.94. The number of aliphatic imine (C=N–C) groups is 1. The van der Waals surface area contributed by atoms with Crippen molar-refractivity contribution in [3.8, 4) is 5.75 Å². The number of nitrogens with two attached hydrogens (primary N) is 1. The number of rotatable bonds is 6. The van der Waals surface area contributed by atoms with E-state index in [0.717, 1.165) is 12.8 Å². The number of benzene rings is 2. The third-order valence-electron chi connectivity index (χ3n) is 3.11. The number of guanidine groups is 1. The van der Waals surface area contributed by atoms with Gasteiger partial charge in [0.05, 0.1) is 0 Å². The summed E-state index contributed by atoms with van der Waals surface area (Å²) in [5.74, 6) is -0.0704. The van der Waals surface area contributed by atoms with Crippen LogP contribution in [0.25, 0.3) is 0 Å². The van der Waals surface area contributed by atoms with Gasteiger partial charge in [0.2, 0.25) is 0 Å². The van der Waals surface area contributed by atoms with Crippen LogP contribution in [-0.4, -0.2) is 18.9 Å². The molecule has 7 heteroatoms. The van der Waals surface area contributed by atoms with E-state index < -0.39 is 6.36 Å². The summed E-state index contributed by atoms with van der Waals surface area (Å²) in [4.78, 5) is 4.19. The zero-order valence-electron chi connectivity index (χ0n) is 12.9. The van der Waals surface area contributed by atoms with Crippen molar-refractivity contribution in [3.05, 3.63) is 60.2 Å². The van der Waals surface area contributed by atoms with E-state index in [1.165, 1.54) is 29.8 Å². The molecule has 2 aromatic rings. The van der Waals surface area contributed by atoms with Gasteiger partial charge in [-0.15, -0.1) is 13.2 Å². The summed E-state index contributed by atoms with van der Waals surface area (Å²) in [6, 6.07) is 15.3. The maximum absolute atomic E-state index is 12.1. The first-order chi connectivity index (χ1) is 11.4. The highest BCUT2D eigenvalue weighted by Gasteiger charge is 2.30. The van der Waals surface area contributed by atoms with Gasteiger partial charge in [0.25, 0.3) is 0 Å². The third kappa shape index (κ3) is 6.60. The highest BCUT2D eigenvalue weighted by atomic mass is 19.4. The van der Waals surface area contributed by atoms with Crippen molar-refractivity contribution in [3.63, 3.8) is 0 Å². The van der Waals surface area contributed by atoms with Crippen LogP contribution in [0.5, 0.6) is 5.75 Å². The Bertz CT molecular complexity index is 655. The largest absolute Gasteiger partial charge is 0.573 e. The van der Waals surface area contributed by atoms with Crippen LogP contribution in [0.4, 0.5) is 18.9 Å². The zero-order valence-corrected chi connectivity index (χ0v) is 12.9. The van der Waals surface area contributed by atoms with Crippen LogP contribution in [0, 0.1) is 0 Å². The number of ether oxygens (including phenoxy) is 1. The number of hydrogen-bond donors (Lipinski definition) is 2. The second kappa shape index (κ2) is 8.24. The van der Waals surface area contributed by atoms with Crippen LogP contribution in [0.1, 0.15) is 12.0 Å². The predicted molar refractivity (Wildman–Crippen MR) is 88.0 cm³/mol. The van der Waals surface area contributed by atoms with Gasteiger partial charge in [0.15, 0.2) is 5.96 Å². The van der Waals surface area contributed by atoms with Gasteiger partial charge in [-0.05, 0) is 42.7 Å². The first-order valence-electron chi connectivity index (χ1n) is 7.39. The van der Waals surface area contributed by atoms with E-state index in [1.807, 2.05) is 18.2 Å². The van der Waals surface area contributed by atoms with Gasteiger partial charge in [-0.25, -0.2) is 0 Å². The Balaban J connectivity index is 1.77. The van der Waals surface area contributed by atoms with Crippen molar-refractivity contribution >= 4 is 11.6 Å². The molecule has 4 nitrogen and oxygen atoms in total. The van der Waals surface area contributed by atoms with Gasteiger partial charge in [-0.1, -0.05) is 30.3 Å². The molecule has 128 valence electrons. The minimum Gasteiger partial charge on any atom is -0.406 e. The van der Waals surface area contributed by atoms with Gasteiger partial charge < -0.3 is 15.8 Å². The average Bonchev–Trinajstić information content (AvgIpc) is 2.53. The number of nitrogens with one attached hydrogen (secondary N) is 1. The van der Waals surface area contributed by atoms with Crippen LogP contribution in [0.15, 0.2) is 59.6 Å². The molecule has 0 aliphatic carbocycles. The molecule has 0 aliphatic heterocycles. The van der Waals surface area contributed by atoms with Gasteiger partial charge >= 0.3 is 6.36 Å². The van der Waals surface area contributed by atoms with Gasteiger partial charge in [0, 0.05) is 12.2 Å². The van der Waals surface area contributed by atoms with Crippen molar-refractivity contribution in [1.29, 1.82) is 0 Å². The molecule has 0 saturated carbocycles. The lowest BCUT2D eigenvalue weighted by atomic mass is 10.1. The van der Waals surface area contributed by atoms with Crippen molar-refractivity contribution in [1.82, 2.24) is 0 Å². The van der Waals surface area contributed by atoms with Crippen LogP contribution < -0.4 is 15.8 Å². The second-order valence-corrected chi connectivity index (χ2v) is 5.05. The summed E-state index contributed by atoms with van der Waals surface area (Å²) in [6.45, 7) is 0.559. The highest BCUT2D eigenvalue weighted by Crippen LogP contribution is 2.23. The third-order valence-corrected chi connectivity index (χ3v) is 3.11. The fraction of sp³-hybridized carbons (Fsp3) is 0.235. The molecule has 0 spiro atoms. The molecule has 0 radical (unpaired) electrons. The molecule has 0 atom stereocenters. The summed E-state index contributed by atoms with van der Waals surface area (Å²) < 4.78 is 40.0. The van der Waals surface area contributed by atoms with Crippen LogP contribution in [0.2, 0.25) is 0 Å². The van der Waals surface area contributed by atoms with E-state index in [-0.39, 0.29) is 11.7 Å². The molecule has 0 aromatic heterocycles. The van der Waals surface area contributed by atoms with Crippen molar-refractivity contribution < 1.29 is 17.9 Å². The van der Waals surface area contributed by atoms with Crippen LogP contribution in [0.3, 0.4) is 0 Å². The second-order valence-electron chi connectivity index (χ2n) is 5.05. The van der Waals surface area contributed by atoms with Gasteiger partial charge in [-0.3, -0.25) is 4.99 Å². The molecule has 0 aliphatic rings. The fourth-order valence-electron chi connectivity index (χ4n) is 2.05. The average molecular weight is 337 g/mol. The lowest BCUT2D eigenvalue weighted by molar-refractivity contribution is -0.274. The van der Waals surface area contributed by atoms with Crippen LogP contribution >= 0.6 is 0 Å². The smallest absolute Gasteiger partial charge is 0.406 e. The summed E-state index contributed by atoms with van der Waals surface area (Å²) >= 11 is 0. The topological polar surface area (TPSA) is 59.6 Å². The summed E-state index contributed by atoms with van der Waals surface area (Å²) in [7, 11) is 0. The monoisotopic (exact) mass is 337 g/mol. The first kappa shape index (κ1) is 17.7. The Labute approximate surface area is 138 Å². The Morgan fingerprint density at radius 3 is 2.33 bits per heavy atom. The normalized spacial score (nSPS) is 12.0. The Morgan fingerprint density at radius 2 is 1.71 bits per heavy atom. The van der Waals surface area contributed by atoms with E-state index >= 15 is 0 Å². The molecule has 2 aromatic carbocycles. The number of hydrogen-bond acceptors (Lipinski definition) is 2. The minimum absolute atomic E-state index is 0.215. The lowest BCUT2D eigenvalue weighted by Gasteiger charge is -2.10. The van der Waals surface area contributed by atoms with Gasteiger partial charge in [-0.2, -0.15) is 0 Å². The maximum Gasteiger partial charge on any atom is 0.573 e. The molecule has 0 heterocycles. The SMILES string of the molecule is NC(=NCCCc1ccccc1)Nc1ccc(OC(F)(F)F)cc1. The van der Waals surface area contributed by atoms with E-state index in [0.29, 0.717) is 12.2 Å². The molecule has 3 N–H and O–H groups in total. The molecule has 24 heavy (non-hydrogen) atoms. The van der Waals surface area contributed by atoms with E-state index in [2.05, 4.69) is 27.2 Å². The molecule has 0 unspecified atom stereocenters. The standard InChI is InChI=1S/C17H18F3N3O/c18-17(19,20)24-15-10-8-14(9-11-15)23-16(21)22-12-4-7-13-5-2-1-3-6-13/h1-3,5-6,8-11H,4,7,12H2,(H3,21,22,23). The molecule has 0 fully saturated rings. The molecule has 0 amide bonds. The first-order valence-corrected chi connectivity index (χ1v) is 7.39. The summed E-state index contributed by atoms with van der Waals surface area (Å²) in [5.41, 5.74) is 7.52. The maximum atomic E-state index is 12.1. The van der Waals surface area contributed by atoms with E-state index in [9.17, 15) is 13.2 Å². The number of nitrogens with zero attached hydrogens (tertiary/aromatic N) is 1. The van der Waals surface area contributed by atoms with Gasteiger partial charge in [0.1, 0.15) is 5.75 Å². The van der Waals surface area contributed by atoms with E-state index in [4.69, 9.17) is 5.73 Å². The number of alkyl halides is 3. The summed E-state index contributed by atoms with van der Waals surface area (Å²) in [5, 5.41) is 2.82. The Hall–Kier alpha value is -2.70. The van der Waals surface area contributed by atoms with Crippen molar-refractivity contribution in [2.75, 3.05) is 11.9 Å². The zero-order chi connectivity index (χ0) is 17.4. The Kier molecular flexibility index (Phi) is 6.06. The fourth-order valence-corrected chi connectivity index (χ4v) is 2.05. The van der Waals surface area contributed by atoms with Crippen LogP contribution in [-0.2, 0) is 6.42 Å². The number of anilines is 1. The molecule has 2 rings (SSSR count). The molecule has 0 saturated heterocycles. The Morgan fingerprint density at radius 1 is 1.04 bits per heavy atom. The molecule has 0 bridgehead atoms.